The molecule has 29 heavy (non-hydrogen) atoms. The van der Waals surface area contributed by atoms with E-state index in [9.17, 15) is 18.0 Å². The van der Waals surface area contributed by atoms with Crippen LogP contribution >= 0.6 is 11.3 Å². The van der Waals surface area contributed by atoms with Crippen molar-refractivity contribution < 1.29 is 18.0 Å². The molecule has 0 unspecified atom stereocenters. The van der Waals surface area contributed by atoms with Crippen LogP contribution in [0.2, 0.25) is 0 Å². The lowest BCUT2D eigenvalue weighted by molar-refractivity contribution is 0.100. The van der Waals surface area contributed by atoms with Gasteiger partial charge < -0.3 is 11.1 Å². The van der Waals surface area contributed by atoms with E-state index in [1.54, 1.807) is 19.9 Å². The van der Waals surface area contributed by atoms with Crippen molar-refractivity contribution in [3.63, 3.8) is 0 Å². The Hall–Kier alpha value is -2.97. The zero-order chi connectivity index (χ0) is 21.2. The summed E-state index contributed by atoms with van der Waals surface area (Å²) in [6.45, 7) is 3.16. The molecular weight excluding hydrogens is 408 g/mol. The van der Waals surface area contributed by atoms with Crippen LogP contribution < -0.4 is 11.1 Å². The van der Waals surface area contributed by atoms with Gasteiger partial charge in [-0.15, -0.1) is 11.3 Å². The van der Waals surface area contributed by atoms with Gasteiger partial charge in [-0.1, -0.05) is 36.4 Å². The Morgan fingerprint density at radius 1 is 1.00 bits per heavy atom. The number of thiophene rings is 1. The highest BCUT2D eigenvalue weighted by Gasteiger charge is 2.22. The molecule has 0 spiro atoms. The van der Waals surface area contributed by atoms with Gasteiger partial charge in [-0.3, -0.25) is 9.59 Å². The maximum absolute atomic E-state index is 12.7. The predicted octanol–water partition coefficient (Wildman–Crippen LogP) is 3.95. The van der Waals surface area contributed by atoms with Crippen molar-refractivity contribution in [2.75, 3.05) is 5.32 Å². The molecular formula is C21H20N2O4S2. The lowest BCUT2D eigenvalue weighted by Gasteiger charge is -2.10. The van der Waals surface area contributed by atoms with Crippen molar-refractivity contribution in [3.05, 3.63) is 71.8 Å². The maximum Gasteiger partial charge on any atom is 0.256 e. The molecule has 6 nitrogen and oxygen atoms in total. The number of carbonyl (C=O) groups is 2. The van der Waals surface area contributed by atoms with Crippen LogP contribution in [0.25, 0.3) is 10.4 Å². The van der Waals surface area contributed by atoms with Crippen molar-refractivity contribution >= 4 is 38.0 Å². The van der Waals surface area contributed by atoms with Gasteiger partial charge in [-0.05, 0) is 43.7 Å². The first-order chi connectivity index (χ1) is 13.7. The molecule has 0 fully saturated rings. The lowest BCUT2D eigenvalue weighted by Crippen LogP contribution is -2.18. The fraction of sp³-hybridized carbons (Fsp3) is 0.143. The van der Waals surface area contributed by atoms with Crippen molar-refractivity contribution in [1.29, 1.82) is 0 Å². The topological polar surface area (TPSA) is 106 Å². The van der Waals surface area contributed by atoms with E-state index in [4.69, 9.17) is 5.73 Å². The predicted molar refractivity (Wildman–Crippen MR) is 115 cm³/mol. The molecule has 0 saturated carbocycles. The Kier molecular flexibility index (Phi) is 5.86. The smallest absolute Gasteiger partial charge is 0.256 e. The maximum atomic E-state index is 12.7. The minimum absolute atomic E-state index is 0.0754. The molecule has 0 aliphatic heterocycles. The summed E-state index contributed by atoms with van der Waals surface area (Å²) in [5.41, 5.74) is 6.75. The van der Waals surface area contributed by atoms with E-state index >= 15 is 0 Å². The number of primary amides is 1. The monoisotopic (exact) mass is 428 g/mol. The third-order valence-electron chi connectivity index (χ3n) is 4.33. The fourth-order valence-corrected chi connectivity index (χ4v) is 4.84. The Bertz CT molecular complexity index is 1170. The highest BCUT2D eigenvalue weighted by molar-refractivity contribution is 7.92. The lowest BCUT2D eigenvalue weighted by atomic mass is 10.1. The summed E-state index contributed by atoms with van der Waals surface area (Å²) >= 11 is 1.23. The van der Waals surface area contributed by atoms with Crippen molar-refractivity contribution in [2.24, 2.45) is 5.73 Å². The number of anilines is 1. The summed E-state index contributed by atoms with van der Waals surface area (Å²) < 4.78 is 24.8. The standard InChI is InChI=1S/C21H20N2O4S2/c1-13(2)29(26,27)16-10-6-9-15(11-16)20(25)23-21-17(19(22)24)12-18(28-21)14-7-4-3-5-8-14/h3-13H,1-2H3,(H2,22,24)(H,23,25). The van der Waals surface area contributed by atoms with E-state index in [2.05, 4.69) is 5.32 Å². The van der Waals surface area contributed by atoms with E-state index in [1.165, 1.54) is 35.6 Å². The second kappa shape index (κ2) is 8.18. The van der Waals surface area contributed by atoms with Crippen molar-refractivity contribution in [2.45, 2.75) is 24.0 Å². The summed E-state index contributed by atoms with van der Waals surface area (Å²) in [5.74, 6) is -1.18. The number of rotatable bonds is 6. The van der Waals surface area contributed by atoms with E-state index in [-0.39, 0.29) is 16.0 Å². The van der Waals surface area contributed by atoms with Gasteiger partial charge in [0.15, 0.2) is 9.84 Å². The zero-order valence-corrected chi connectivity index (χ0v) is 17.5. The third kappa shape index (κ3) is 4.38. The largest absolute Gasteiger partial charge is 0.366 e. The van der Waals surface area contributed by atoms with Gasteiger partial charge in [0.2, 0.25) is 0 Å². The molecule has 0 atom stereocenters. The Morgan fingerprint density at radius 3 is 2.31 bits per heavy atom. The minimum atomic E-state index is -3.51. The average Bonchev–Trinajstić information content (AvgIpc) is 3.12. The molecule has 2 aromatic carbocycles. The van der Waals surface area contributed by atoms with Gasteiger partial charge >= 0.3 is 0 Å². The van der Waals surface area contributed by atoms with E-state index < -0.39 is 26.9 Å². The molecule has 1 heterocycles. The Labute approximate surface area is 173 Å². The average molecular weight is 429 g/mol. The first kappa shape index (κ1) is 20.8. The fourth-order valence-electron chi connectivity index (χ4n) is 2.67. The molecule has 0 bridgehead atoms. The van der Waals surface area contributed by atoms with Crippen LogP contribution in [-0.2, 0) is 9.84 Å². The summed E-state index contributed by atoms with van der Waals surface area (Å²) in [6, 6.07) is 16.9. The molecule has 3 rings (SSSR count). The molecule has 150 valence electrons. The summed E-state index contributed by atoms with van der Waals surface area (Å²) in [7, 11) is -3.51. The van der Waals surface area contributed by atoms with E-state index in [0.29, 0.717) is 5.00 Å². The van der Waals surface area contributed by atoms with Gasteiger partial charge in [-0.25, -0.2) is 8.42 Å². The normalized spacial score (nSPS) is 11.4. The van der Waals surface area contributed by atoms with Gasteiger partial charge in [0.05, 0.1) is 15.7 Å². The van der Waals surface area contributed by atoms with E-state index in [0.717, 1.165) is 10.4 Å². The SMILES string of the molecule is CC(C)S(=O)(=O)c1cccc(C(=O)Nc2sc(-c3ccccc3)cc2C(N)=O)c1. The molecule has 1 aromatic heterocycles. The number of sulfone groups is 1. The molecule has 0 radical (unpaired) electrons. The van der Waals surface area contributed by atoms with E-state index in [1.807, 2.05) is 30.3 Å². The summed E-state index contributed by atoms with van der Waals surface area (Å²) in [5, 5.41) is 2.40. The first-order valence-corrected chi connectivity index (χ1v) is 11.2. The molecule has 0 aliphatic rings. The number of benzene rings is 2. The van der Waals surface area contributed by atoms with Crippen LogP contribution in [0.4, 0.5) is 5.00 Å². The Morgan fingerprint density at radius 2 is 1.69 bits per heavy atom. The van der Waals surface area contributed by atoms with Gasteiger partial charge in [0.1, 0.15) is 5.00 Å². The van der Waals surface area contributed by atoms with Crippen LogP contribution in [-0.4, -0.2) is 25.5 Å². The highest BCUT2D eigenvalue weighted by Crippen LogP contribution is 2.35. The number of hydrogen-bond donors (Lipinski definition) is 2. The second-order valence-electron chi connectivity index (χ2n) is 6.66. The molecule has 8 heteroatoms. The van der Waals surface area contributed by atoms with Gasteiger partial charge in [0, 0.05) is 10.4 Å². The molecule has 2 amide bonds. The third-order valence-corrected chi connectivity index (χ3v) is 7.58. The first-order valence-electron chi connectivity index (χ1n) is 8.84. The summed E-state index contributed by atoms with van der Waals surface area (Å²) in [6.07, 6.45) is 0. The van der Waals surface area contributed by atoms with Crippen molar-refractivity contribution in [1.82, 2.24) is 0 Å². The van der Waals surface area contributed by atoms with Crippen molar-refractivity contribution in [3.8, 4) is 10.4 Å². The molecule has 0 saturated heterocycles. The van der Waals surface area contributed by atoms with Crippen LogP contribution in [0.1, 0.15) is 34.6 Å². The van der Waals surface area contributed by atoms with Crippen LogP contribution in [0.15, 0.2) is 65.6 Å². The van der Waals surface area contributed by atoms with Gasteiger partial charge in [-0.2, -0.15) is 0 Å². The molecule has 3 N–H and O–H groups in total. The summed E-state index contributed by atoms with van der Waals surface area (Å²) in [4.78, 5) is 25.4. The minimum Gasteiger partial charge on any atom is -0.366 e. The number of nitrogens with one attached hydrogen (secondary N) is 1. The zero-order valence-electron chi connectivity index (χ0n) is 15.9. The highest BCUT2D eigenvalue weighted by atomic mass is 32.2. The molecule has 3 aromatic rings. The van der Waals surface area contributed by atoms with Gasteiger partial charge in [0.25, 0.3) is 11.8 Å². The number of nitrogens with two attached hydrogens (primary N) is 1. The Balaban J connectivity index is 1.94. The molecule has 0 aliphatic carbocycles. The van der Waals surface area contributed by atoms with Crippen LogP contribution in [0, 0.1) is 0 Å². The van der Waals surface area contributed by atoms with Crippen LogP contribution in [0.3, 0.4) is 0 Å². The number of hydrogen-bond acceptors (Lipinski definition) is 5. The second-order valence-corrected chi connectivity index (χ2v) is 10.2. The number of carbonyl (C=O) groups excluding carboxylic acids is 2. The number of amides is 2. The van der Waals surface area contributed by atoms with Crippen LogP contribution in [0.5, 0.6) is 0 Å². The quantitative estimate of drug-likeness (QED) is 0.620.